The van der Waals surface area contributed by atoms with Gasteiger partial charge in [-0.05, 0) is 64.8 Å². The molecule has 8 nitrogen and oxygen atoms in total. The lowest BCUT2D eigenvalue weighted by atomic mass is 10.2. The van der Waals surface area contributed by atoms with Crippen LogP contribution in [0, 0.1) is 6.92 Å². The third-order valence-corrected chi connectivity index (χ3v) is 4.91. The minimum absolute atomic E-state index is 0.174. The van der Waals surface area contributed by atoms with E-state index >= 15 is 0 Å². The molecule has 0 amide bonds. The van der Waals surface area contributed by atoms with Crippen LogP contribution in [0.15, 0.2) is 39.7 Å². The molecule has 0 fully saturated rings. The Labute approximate surface area is 184 Å². The molecule has 0 spiro atoms. The van der Waals surface area contributed by atoms with E-state index in [-0.39, 0.29) is 17.4 Å². The molecule has 0 atom stereocenters. The fourth-order valence-electron chi connectivity index (χ4n) is 2.40. The van der Waals surface area contributed by atoms with Crippen LogP contribution in [0.5, 0.6) is 0 Å². The van der Waals surface area contributed by atoms with Crippen LogP contribution in [0.4, 0.5) is 5.82 Å². The summed E-state index contributed by atoms with van der Waals surface area (Å²) >= 11 is 6.54. The molecule has 0 saturated carbocycles. The van der Waals surface area contributed by atoms with E-state index in [0.29, 0.717) is 33.4 Å². The average Bonchev–Trinajstić information content (AvgIpc) is 3.02. The average molecular weight is 528 g/mol. The van der Waals surface area contributed by atoms with E-state index in [4.69, 9.17) is 15.2 Å². The minimum atomic E-state index is -0.458. The number of nitrogens with two attached hydrogens (primary N) is 1. The van der Waals surface area contributed by atoms with Crippen molar-refractivity contribution in [2.24, 2.45) is 0 Å². The number of imidazole rings is 1. The van der Waals surface area contributed by atoms with E-state index in [2.05, 4.69) is 41.8 Å². The van der Waals surface area contributed by atoms with Gasteiger partial charge in [0, 0.05) is 27.5 Å². The van der Waals surface area contributed by atoms with Crippen molar-refractivity contribution in [3.05, 3.63) is 56.5 Å². The fourth-order valence-corrected chi connectivity index (χ4v) is 3.34. The van der Waals surface area contributed by atoms with Gasteiger partial charge in [-0.25, -0.2) is 19.6 Å². The molecule has 10 heteroatoms. The molecule has 0 aliphatic rings. The van der Waals surface area contributed by atoms with Crippen LogP contribution in [0.3, 0.4) is 0 Å². The number of pyridine rings is 2. The number of carbonyl (C=O) groups is 2. The van der Waals surface area contributed by atoms with Gasteiger partial charge in [0.1, 0.15) is 16.9 Å². The summed E-state index contributed by atoms with van der Waals surface area (Å²) in [4.78, 5) is 31.2. The number of anilines is 1. The Morgan fingerprint density at radius 3 is 2.24 bits per heavy atom. The van der Waals surface area contributed by atoms with Crippen molar-refractivity contribution >= 4 is 55.3 Å². The van der Waals surface area contributed by atoms with Crippen LogP contribution in [-0.2, 0) is 9.47 Å². The Bertz CT molecular complexity index is 1020. The largest absolute Gasteiger partial charge is 0.462 e. The third kappa shape index (κ3) is 5.54. The number of fused-ring (bicyclic) bond motifs is 1. The Morgan fingerprint density at radius 1 is 1.07 bits per heavy atom. The summed E-state index contributed by atoms with van der Waals surface area (Å²) in [7, 11) is 0. The number of hydrogen-bond donors (Lipinski definition) is 1. The third-order valence-electron chi connectivity index (χ3n) is 3.59. The summed E-state index contributed by atoms with van der Waals surface area (Å²) in [6.07, 6.45) is 5.23. The van der Waals surface area contributed by atoms with Crippen LogP contribution < -0.4 is 5.73 Å². The molecule has 0 unspecified atom stereocenters. The number of ether oxygens (including phenoxy) is 2. The smallest absolute Gasteiger partial charge is 0.343 e. The van der Waals surface area contributed by atoms with Gasteiger partial charge < -0.3 is 19.6 Å². The highest BCUT2D eigenvalue weighted by atomic mass is 79.9. The zero-order valence-corrected chi connectivity index (χ0v) is 19.3. The van der Waals surface area contributed by atoms with Crippen LogP contribution >= 0.6 is 31.9 Å². The first-order chi connectivity index (χ1) is 13.8. The van der Waals surface area contributed by atoms with Gasteiger partial charge >= 0.3 is 11.9 Å². The molecule has 3 aromatic rings. The lowest BCUT2D eigenvalue weighted by Gasteiger charge is -2.05. The zero-order valence-electron chi connectivity index (χ0n) is 16.1. The summed E-state index contributed by atoms with van der Waals surface area (Å²) in [5.41, 5.74) is 7.74. The van der Waals surface area contributed by atoms with E-state index in [1.54, 1.807) is 26.0 Å². The summed E-state index contributed by atoms with van der Waals surface area (Å²) in [6.45, 7) is 6.07. The van der Waals surface area contributed by atoms with Crippen molar-refractivity contribution in [3.8, 4) is 0 Å². The molecule has 0 saturated heterocycles. The van der Waals surface area contributed by atoms with Gasteiger partial charge in [-0.2, -0.15) is 0 Å². The van der Waals surface area contributed by atoms with Gasteiger partial charge in [0.25, 0.3) is 0 Å². The number of esters is 2. The van der Waals surface area contributed by atoms with E-state index < -0.39 is 5.97 Å². The predicted molar refractivity (Wildman–Crippen MR) is 116 cm³/mol. The van der Waals surface area contributed by atoms with Gasteiger partial charge in [-0.1, -0.05) is 0 Å². The summed E-state index contributed by atoms with van der Waals surface area (Å²) < 4.78 is 12.9. The van der Waals surface area contributed by atoms with E-state index in [1.807, 2.05) is 23.7 Å². The second-order valence-electron chi connectivity index (χ2n) is 5.65. The molecule has 0 aromatic carbocycles. The second-order valence-corrected chi connectivity index (χ2v) is 7.35. The number of halogens is 2. The standard InChI is InChI=1S/C11H11BrN2O2.C8H9BrN2O2/c1-3-16-11(15)9-8(12)4-5-14-6-7(2)13-10(9)14;1-2-13-8(12)6-5(9)3-4-11-7(6)10/h4-6H,3H2,1-2H3;3-4H,2H2,1H3,(H2,10,11). The van der Waals surface area contributed by atoms with Crippen LogP contribution in [0.1, 0.15) is 40.3 Å². The quantitative estimate of drug-likeness (QED) is 0.507. The lowest BCUT2D eigenvalue weighted by Crippen LogP contribution is -2.09. The molecule has 0 bridgehead atoms. The number of rotatable bonds is 4. The first-order valence-corrected chi connectivity index (χ1v) is 10.3. The van der Waals surface area contributed by atoms with Crippen molar-refractivity contribution in [3.63, 3.8) is 0 Å². The van der Waals surface area contributed by atoms with Crippen molar-refractivity contribution in [1.82, 2.24) is 14.4 Å². The summed E-state index contributed by atoms with van der Waals surface area (Å²) in [6, 6.07) is 3.45. The molecule has 3 heterocycles. The summed E-state index contributed by atoms with van der Waals surface area (Å²) in [5, 5.41) is 0. The zero-order chi connectivity index (χ0) is 21.6. The Hall–Kier alpha value is -2.46. The minimum Gasteiger partial charge on any atom is -0.462 e. The molecule has 29 heavy (non-hydrogen) atoms. The molecular weight excluding hydrogens is 508 g/mol. The van der Waals surface area contributed by atoms with Crippen molar-refractivity contribution in [2.45, 2.75) is 20.8 Å². The highest BCUT2D eigenvalue weighted by molar-refractivity contribution is 9.10. The number of nitrogen functional groups attached to an aromatic ring is 1. The predicted octanol–water partition coefficient (Wildman–Crippen LogP) is 4.18. The number of nitrogens with zero attached hydrogens (tertiary/aromatic N) is 3. The Balaban J connectivity index is 0.000000212. The summed E-state index contributed by atoms with van der Waals surface area (Å²) in [5.74, 6) is -0.640. The number of hydrogen-bond acceptors (Lipinski definition) is 7. The molecule has 3 rings (SSSR count). The topological polar surface area (TPSA) is 109 Å². The van der Waals surface area contributed by atoms with Crippen LogP contribution in [0.2, 0.25) is 0 Å². The van der Waals surface area contributed by atoms with Crippen molar-refractivity contribution in [1.29, 1.82) is 0 Å². The number of aryl methyl sites for hydroxylation is 1. The van der Waals surface area contributed by atoms with Crippen LogP contribution in [-0.4, -0.2) is 39.5 Å². The molecule has 0 aliphatic heterocycles. The first-order valence-electron chi connectivity index (χ1n) is 8.68. The fraction of sp³-hybridized carbons (Fsp3) is 0.263. The molecular formula is C19H20Br2N4O4. The van der Waals surface area contributed by atoms with Gasteiger partial charge in [0.2, 0.25) is 0 Å². The highest BCUT2D eigenvalue weighted by Gasteiger charge is 2.17. The first kappa shape index (κ1) is 22.8. The van der Waals surface area contributed by atoms with E-state index in [0.717, 1.165) is 5.69 Å². The van der Waals surface area contributed by atoms with E-state index in [9.17, 15) is 9.59 Å². The van der Waals surface area contributed by atoms with Crippen molar-refractivity contribution < 1.29 is 19.1 Å². The second kappa shape index (κ2) is 10.4. The number of aromatic nitrogens is 3. The SMILES string of the molecule is CCOC(=O)c1c(Br)ccn2cc(C)nc12.CCOC(=O)c1c(Br)ccnc1N. The monoisotopic (exact) mass is 526 g/mol. The van der Waals surface area contributed by atoms with Gasteiger partial charge in [-0.15, -0.1) is 0 Å². The molecule has 0 aliphatic carbocycles. The maximum Gasteiger partial charge on any atom is 0.343 e. The van der Waals surface area contributed by atoms with Gasteiger partial charge in [0.15, 0.2) is 5.65 Å². The maximum atomic E-state index is 11.8. The maximum absolute atomic E-state index is 11.8. The lowest BCUT2D eigenvalue weighted by molar-refractivity contribution is 0.0516. The molecule has 2 N–H and O–H groups in total. The highest BCUT2D eigenvalue weighted by Crippen LogP contribution is 2.22. The van der Waals surface area contributed by atoms with Crippen LogP contribution in [0.25, 0.3) is 5.65 Å². The number of carbonyl (C=O) groups excluding carboxylic acids is 2. The molecule has 3 aromatic heterocycles. The molecule has 0 radical (unpaired) electrons. The van der Waals surface area contributed by atoms with Gasteiger partial charge in [0.05, 0.1) is 18.9 Å². The Morgan fingerprint density at radius 2 is 1.66 bits per heavy atom. The van der Waals surface area contributed by atoms with E-state index in [1.165, 1.54) is 6.20 Å². The van der Waals surface area contributed by atoms with Gasteiger partial charge in [-0.3, -0.25) is 0 Å². The normalized spacial score (nSPS) is 10.2. The Kier molecular flexibility index (Phi) is 8.15. The van der Waals surface area contributed by atoms with Crippen molar-refractivity contribution in [2.75, 3.05) is 18.9 Å². The molecule has 154 valence electrons.